The minimum absolute atomic E-state index is 0.216. The molecular weight excluding hydrogens is 504 g/mol. The molecule has 0 saturated heterocycles. The molecule has 5 nitrogen and oxygen atoms in total. The third kappa shape index (κ3) is 4.80. The van der Waals surface area contributed by atoms with Crippen LogP contribution in [-0.4, -0.2) is 31.4 Å². The fourth-order valence-corrected chi connectivity index (χ4v) is 6.16. The predicted octanol–water partition coefficient (Wildman–Crippen LogP) is 7.44. The number of halogens is 3. The Morgan fingerprint density at radius 3 is 2.55 bits per heavy atom. The van der Waals surface area contributed by atoms with Crippen LogP contribution in [0.4, 0.5) is 4.39 Å². The number of thioether (sulfide) groups is 1. The normalized spacial score (nSPS) is 11.4. The summed E-state index contributed by atoms with van der Waals surface area (Å²) in [5, 5.41) is 16.0. The first-order chi connectivity index (χ1) is 15.7. The molecule has 10 heteroatoms. The van der Waals surface area contributed by atoms with Gasteiger partial charge in [-0.1, -0.05) is 54.5 Å². The summed E-state index contributed by atoms with van der Waals surface area (Å²) in [5.41, 5.74) is 3.02. The molecule has 4 rings (SSSR count). The van der Waals surface area contributed by atoms with Gasteiger partial charge in [-0.3, -0.25) is 4.79 Å². The van der Waals surface area contributed by atoms with Gasteiger partial charge in [0.2, 0.25) is 5.13 Å². The van der Waals surface area contributed by atoms with Crippen molar-refractivity contribution in [2.75, 3.05) is 0 Å². The number of hydrogen-bond acceptors (Lipinski definition) is 6. The molecule has 0 aliphatic rings. The van der Waals surface area contributed by atoms with Gasteiger partial charge in [0.1, 0.15) is 17.3 Å². The third-order valence-electron chi connectivity index (χ3n) is 4.68. The van der Waals surface area contributed by atoms with Gasteiger partial charge in [0.25, 0.3) is 0 Å². The van der Waals surface area contributed by atoms with Gasteiger partial charge >= 0.3 is 0 Å². The predicted molar refractivity (Wildman–Crippen MR) is 133 cm³/mol. The lowest BCUT2D eigenvalue weighted by molar-refractivity contribution is 0.111. The molecule has 0 amide bonds. The maximum atomic E-state index is 13.9. The van der Waals surface area contributed by atoms with E-state index in [0.717, 1.165) is 15.8 Å². The van der Waals surface area contributed by atoms with Gasteiger partial charge in [0, 0.05) is 22.4 Å². The first kappa shape index (κ1) is 23.8. The van der Waals surface area contributed by atoms with Crippen molar-refractivity contribution in [2.24, 2.45) is 0 Å². The molecule has 0 spiro atoms. The number of hydrogen-bond donors (Lipinski definition) is 1. The van der Waals surface area contributed by atoms with Crippen LogP contribution in [0.15, 0.2) is 40.6 Å². The van der Waals surface area contributed by atoms with Crippen molar-refractivity contribution in [3.63, 3.8) is 0 Å². The number of thiazole rings is 1. The zero-order chi connectivity index (χ0) is 23.9. The fourth-order valence-electron chi connectivity index (χ4n) is 3.38. The summed E-state index contributed by atoms with van der Waals surface area (Å²) in [6.07, 6.45) is 0.660. The van der Waals surface area contributed by atoms with Gasteiger partial charge in [-0.15, -0.1) is 11.8 Å². The highest BCUT2D eigenvalue weighted by molar-refractivity contribution is 8.01. The molecule has 2 aromatic heterocycles. The van der Waals surface area contributed by atoms with Crippen molar-refractivity contribution < 1.29 is 14.3 Å². The van der Waals surface area contributed by atoms with Crippen LogP contribution >= 0.6 is 46.3 Å². The molecule has 0 radical (unpaired) electrons. The van der Waals surface area contributed by atoms with Crippen LogP contribution in [-0.2, 0) is 0 Å². The van der Waals surface area contributed by atoms with Crippen LogP contribution < -0.4 is 0 Å². The Morgan fingerprint density at radius 1 is 1.15 bits per heavy atom. The van der Waals surface area contributed by atoms with E-state index in [1.54, 1.807) is 30.8 Å². The summed E-state index contributed by atoms with van der Waals surface area (Å²) in [7, 11) is 0. The lowest BCUT2D eigenvalue weighted by atomic mass is 10.0. The van der Waals surface area contributed by atoms with Gasteiger partial charge in [0.05, 0.1) is 25.6 Å². The van der Waals surface area contributed by atoms with Crippen LogP contribution in [0.5, 0.6) is 5.75 Å². The van der Waals surface area contributed by atoms with E-state index in [1.165, 1.54) is 28.2 Å². The summed E-state index contributed by atoms with van der Waals surface area (Å²) in [5.74, 6) is -0.846. The molecule has 2 aromatic carbocycles. The van der Waals surface area contributed by atoms with E-state index in [2.05, 4.69) is 18.9 Å². The second-order valence-electron chi connectivity index (χ2n) is 7.50. The zero-order valence-corrected chi connectivity index (χ0v) is 20.9. The van der Waals surface area contributed by atoms with E-state index in [1.807, 2.05) is 6.07 Å². The molecule has 0 bridgehead atoms. The van der Waals surface area contributed by atoms with Crippen molar-refractivity contribution in [3.8, 4) is 33.3 Å². The minimum atomic E-state index is -0.610. The Labute approximate surface area is 208 Å². The number of aldehydes is 1. The maximum Gasteiger partial charge on any atom is 0.212 e. The number of carbonyl (C=O) groups is 1. The Morgan fingerprint density at radius 2 is 1.91 bits per heavy atom. The van der Waals surface area contributed by atoms with E-state index >= 15 is 0 Å². The molecule has 4 aromatic rings. The summed E-state index contributed by atoms with van der Waals surface area (Å²) in [6, 6.07) is 8.96. The third-order valence-corrected chi connectivity index (χ3v) is 7.66. The quantitative estimate of drug-likeness (QED) is 0.211. The number of benzene rings is 2. The number of aryl methyl sites for hydroxylation is 1. The second kappa shape index (κ2) is 9.46. The summed E-state index contributed by atoms with van der Waals surface area (Å²) < 4.78 is 16.3. The largest absolute Gasteiger partial charge is 0.508 e. The molecule has 2 heterocycles. The number of carbonyl (C=O) groups excluding carboxylic acids is 1. The Balaban J connectivity index is 1.90. The van der Waals surface area contributed by atoms with E-state index < -0.39 is 5.82 Å². The van der Waals surface area contributed by atoms with Gasteiger partial charge in [0.15, 0.2) is 6.29 Å². The van der Waals surface area contributed by atoms with Crippen molar-refractivity contribution in [1.29, 1.82) is 0 Å². The smallest absolute Gasteiger partial charge is 0.212 e. The van der Waals surface area contributed by atoms with Crippen molar-refractivity contribution in [1.82, 2.24) is 14.8 Å². The first-order valence-corrected chi connectivity index (χ1v) is 12.3. The molecule has 33 heavy (non-hydrogen) atoms. The highest BCUT2D eigenvalue weighted by atomic mass is 35.5. The number of rotatable bonds is 6. The molecule has 0 atom stereocenters. The Kier molecular flexibility index (Phi) is 6.81. The average molecular weight is 522 g/mol. The van der Waals surface area contributed by atoms with E-state index in [-0.39, 0.29) is 16.7 Å². The molecular formula is C23H18Cl2FN3O2S2. The maximum absolute atomic E-state index is 13.9. The van der Waals surface area contributed by atoms with Crippen LogP contribution in [0.25, 0.3) is 27.5 Å². The first-order valence-electron chi connectivity index (χ1n) is 9.86. The van der Waals surface area contributed by atoms with Crippen molar-refractivity contribution in [2.45, 2.75) is 30.2 Å². The SMILES string of the molecule is Cc1nn(-c2nc(-c3ccc(Cl)c(Cl)c3)c(SC(C)C)s2)c(C=O)c1-c1cc(O)cc(F)c1. The van der Waals surface area contributed by atoms with Crippen LogP contribution in [0.3, 0.4) is 0 Å². The van der Waals surface area contributed by atoms with E-state index in [4.69, 9.17) is 28.2 Å². The number of phenolic OH excluding ortho intramolecular Hbond substituents is 1. The highest BCUT2D eigenvalue weighted by Gasteiger charge is 2.23. The van der Waals surface area contributed by atoms with E-state index in [0.29, 0.717) is 44.0 Å². The van der Waals surface area contributed by atoms with Gasteiger partial charge in [-0.2, -0.15) is 5.10 Å². The minimum Gasteiger partial charge on any atom is -0.508 e. The molecule has 0 saturated carbocycles. The van der Waals surface area contributed by atoms with Gasteiger partial charge in [-0.25, -0.2) is 14.1 Å². The van der Waals surface area contributed by atoms with Crippen LogP contribution in [0.1, 0.15) is 30.0 Å². The molecule has 0 aliphatic heterocycles. The lowest BCUT2D eigenvalue weighted by Crippen LogP contribution is -2.01. The average Bonchev–Trinajstić information content (AvgIpc) is 3.29. The summed E-state index contributed by atoms with van der Waals surface area (Å²) in [4.78, 5) is 16.9. The number of phenols is 1. The molecule has 0 aliphatic carbocycles. The standard InChI is InChI=1S/C23H18Cl2FN3O2S2/c1-11(2)32-22-21(13-4-5-17(24)18(25)8-13)27-23(33-22)29-19(10-30)20(12(3)28-29)14-6-15(26)9-16(31)7-14/h4-11,31H,1-3H3. The summed E-state index contributed by atoms with van der Waals surface area (Å²) in [6.45, 7) is 5.87. The monoisotopic (exact) mass is 521 g/mol. The second-order valence-corrected chi connectivity index (χ2v) is 11.1. The lowest BCUT2D eigenvalue weighted by Gasteiger charge is -2.05. The Hall–Kier alpha value is -2.39. The zero-order valence-electron chi connectivity index (χ0n) is 17.8. The van der Waals surface area contributed by atoms with Gasteiger partial charge in [-0.05, 0) is 36.8 Å². The molecule has 1 N–H and O–H groups in total. The number of aromatic hydroxyl groups is 1. The van der Waals surface area contributed by atoms with Gasteiger partial charge < -0.3 is 5.11 Å². The van der Waals surface area contributed by atoms with Crippen LogP contribution in [0, 0.1) is 12.7 Å². The fraction of sp³-hybridized carbons (Fsp3) is 0.174. The summed E-state index contributed by atoms with van der Waals surface area (Å²) >= 11 is 15.3. The molecule has 0 fully saturated rings. The number of aromatic nitrogens is 3. The highest BCUT2D eigenvalue weighted by Crippen LogP contribution is 2.42. The Bertz CT molecular complexity index is 1350. The van der Waals surface area contributed by atoms with Crippen molar-refractivity contribution >= 4 is 52.6 Å². The molecule has 0 unspecified atom stereocenters. The van der Waals surface area contributed by atoms with Crippen molar-refractivity contribution in [3.05, 3.63) is 63.6 Å². The van der Waals surface area contributed by atoms with E-state index in [9.17, 15) is 14.3 Å². The topological polar surface area (TPSA) is 68.0 Å². The molecule has 170 valence electrons. The van der Waals surface area contributed by atoms with Crippen LogP contribution in [0.2, 0.25) is 10.0 Å². The number of nitrogens with zero attached hydrogens (tertiary/aromatic N) is 3.